The lowest BCUT2D eigenvalue weighted by molar-refractivity contribution is 0.131. The normalized spacial score (nSPS) is 20.5. The number of rotatable bonds is 7. The van der Waals surface area contributed by atoms with Crippen LogP contribution >= 0.6 is 0 Å². The van der Waals surface area contributed by atoms with Crippen molar-refractivity contribution in [1.82, 2.24) is 19.9 Å². The molecule has 25 heavy (non-hydrogen) atoms. The summed E-state index contributed by atoms with van der Waals surface area (Å²) < 4.78 is 13.0. The molecule has 1 aromatic heterocycles. The summed E-state index contributed by atoms with van der Waals surface area (Å²) in [7, 11) is 3.48. The Kier molecular flexibility index (Phi) is 4.72. The number of hydrogen-bond acceptors (Lipinski definition) is 5. The van der Waals surface area contributed by atoms with Crippen molar-refractivity contribution in [3.63, 3.8) is 0 Å². The lowest BCUT2D eigenvalue weighted by Crippen LogP contribution is -2.36. The molecule has 1 unspecified atom stereocenters. The van der Waals surface area contributed by atoms with Gasteiger partial charge in [-0.15, -0.1) is 5.10 Å². The second kappa shape index (κ2) is 7.14. The maximum absolute atomic E-state index is 5.50. The number of methoxy groups -OCH3 is 2. The van der Waals surface area contributed by atoms with E-state index in [1.165, 1.54) is 24.1 Å². The van der Waals surface area contributed by atoms with E-state index in [0.717, 1.165) is 43.5 Å². The molecule has 0 N–H and O–H groups in total. The van der Waals surface area contributed by atoms with Gasteiger partial charge in [-0.05, 0) is 36.5 Å². The van der Waals surface area contributed by atoms with Crippen LogP contribution in [0.3, 0.4) is 0 Å². The molecule has 1 aliphatic heterocycles. The molecule has 1 aliphatic carbocycles. The Labute approximate surface area is 148 Å². The van der Waals surface area contributed by atoms with Crippen molar-refractivity contribution >= 4 is 0 Å². The minimum absolute atomic E-state index is 0.327. The number of aromatic nitrogens is 3. The molecule has 0 radical (unpaired) electrons. The number of nitrogens with zero attached hydrogens (tertiary/aromatic N) is 4. The van der Waals surface area contributed by atoms with Crippen LogP contribution in [0.2, 0.25) is 0 Å². The Morgan fingerprint density at radius 2 is 2.12 bits per heavy atom. The van der Waals surface area contributed by atoms with E-state index in [0.29, 0.717) is 12.5 Å². The maximum atomic E-state index is 5.50. The zero-order valence-corrected chi connectivity index (χ0v) is 15.0. The second-order valence-electron chi connectivity index (χ2n) is 7.22. The average Bonchev–Trinajstić information content (AvgIpc) is 3.34. The topological polar surface area (TPSA) is 52.4 Å². The molecule has 4 rings (SSSR count). The van der Waals surface area contributed by atoms with Crippen LogP contribution in [0.25, 0.3) is 0 Å². The summed E-state index contributed by atoms with van der Waals surface area (Å²) in [6.07, 6.45) is 2.65. The van der Waals surface area contributed by atoms with E-state index in [-0.39, 0.29) is 0 Å². The molecular weight excluding hydrogens is 316 g/mol. The third kappa shape index (κ3) is 3.70. The van der Waals surface area contributed by atoms with Crippen LogP contribution in [0.15, 0.2) is 24.3 Å². The summed E-state index contributed by atoms with van der Waals surface area (Å²) >= 11 is 0. The molecule has 0 saturated heterocycles. The van der Waals surface area contributed by atoms with Crippen LogP contribution in [0.4, 0.5) is 0 Å². The first-order valence-electron chi connectivity index (χ1n) is 9.03. The van der Waals surface area contributed by atoms with Crippen molar-refractivity contribution in [1.29, 1.82) is 0 Å². The fourth-order valence-corrected chi connectivity index (χ4v) is 3.75. The molecule has 1 atom stereocenters. The quantitative estimate of drug-likeness (QED) is 0.774. The van der Waals surface area contributed by atoms with Crippen LogP contribution in [-0.4, -0.2) is 47.3 Å². The zero-order valence-electron chi connectivity index (χ0n) is 15.0. The minimum atomic E-state index is 0.327. The molecule has 2 aliphatic rings. The number of fused-ring (bicyclic) bond motifs is 1. The lowest BCUT2D eigenvalue weighted by Gasteiger charge is -2.32. The van der Waals surface area contributed by atoms with E-state index in [4.69, 9.17) is 9.47 Å². The van der Waals surface area contributed by atoms with Gasteiger partial charge in [0.15, 0.2) is 0 Å². The summed E-state index contributed by atoms with van der Waals surface area (Å²) in [5.74, 6) is 2.02. The molecular formula is C19H26N4O2. The van der Waals surface area contributed by atoms with Gasteiger partial charge in [0.2, 0.25) is 0 Å². The van der Waals surface area contributed by atoms with Gasteiger partial charge in [-0.1, -0.05) is 17.3 Å². The molecule has 1 aromatic carbocycles. The molecule has 6 nitrogen and oxygen atoms in total. The van der Waals surface area contributed by atoms with Crippen LogP contribution in [0, 0.1) is 5.92 Å². The first-order valence-corrected chi connectivity index (χ1v) is 9.03. The largest absolute Gasteiger partial charge is 0.497 e. The summed E-state index contributed by atoms with van der Waals surface area (Å²) in [5.41, 5.74) is 3.65. The molecule has 0 spiro atoms. The van der Waals surface area contributed by atoms with E-state index in [1.807, 2.05) is 12.1 Å². The van der Waals surface area contributed by atoms with Gasteiger partial charge in [0.1, 0.15) is 11.4 Å². The third-order valence-electron chi connectivity index (χ3n) is 5.12. The fourth-order valence-electron chi connectivity index (χ4n) is 3.75. The Balaban J connectivity index is 1.53. The van der Waals surface area contributed by atoms with Gasteiger partial charge >= 0.3 is 0 Å². The highest BCUT2D eigenvalue weighted by Gasteiger charge is 2.32. The predicted molar refractivity (Wildman–Crippen MR) is 94.5 cm³/mol. The molecule has 134 valence electrons. The van der Waals surface area contributed by atoms with Crippen LogP contribution in [0.1, 0.15) is 35.7 Å². The van der Waals surface area contributed by atoms with E-state index < -0.39 is 0 Å². The highest BCUT2D eigenvalue weighted by molar-refractivity contribution is 5.29. The van der Waals surface area contributed by atoms with Gasteiger partial charge in [0.05, 0.1) is 19.4 Å². The third-order valence-corrected chi connectivity index (χ3v) is 5.12. The average molecular weight is 342 g/mol. The highest BCUT2D eigenvalue weighted by atomic mass is 16.5. The number of benzene rings is 1. The molecule has 0 bridgehead atoms. The van der Waals surface area contributed by atoms with Crippen molar-refractivity contribution in [2.75, 3.05) is 27.4 Å². The number of ether oxygens (including phenoxy) is 2. The molecule has 2 heterocycles. The number of hydrogen-bond donors (Lipinski definition) is 0. The Bertz CT molecular complexity index is 726. The first-order chi connectivity index (χ1) is 12.3. The van der Waals surface area contributed by atoms with E-state index in [9.17, 15) is 0 Å². The summed E-state index contributed by atoms with van der Waals surface area (Å²) in [4.78, 5) is 2.43. The molecule has 0 amide bonds. The predicted octanol–water partition coefficient (Wildman–Crippen LogP) is 2.44. The SMILES string of the molecule is COCC1CN(Cc2cccc(OC)c2)Cc2nnn(CC3CC3)c21. The Morgan fingerprint density at radius 1 is 1.24 bits per heavy atom. The van der Waals surface area contributed by atoms with E-state index >= 15 is 0 Å². The second-order valence-corrected chi connectivity index (χ2v) is 7.22. The first kappa shape index (κ1) is 16.5. The van der Waals surface area contributed by atoms with Gasteiger partial charge in [-0.2, -0.15) is 0 Å². The molecule has 1 saturated carbocycles. The van der Waals surface area contributed by atoms with Gasteiger partial charge in [-0.25, -0.2) is 4.68 Å². The molecule has 6 heteroatoms. The zero-order chi connectivity index (χ0) is 17.2. The van der Waals surface area contributed by atoms with E-state index in [1.54, 1.807) is 14.2 Å². The van der Waals surface area contributed by atoms with Crippen molar-refractivity contribution < 1.29 is 9.47 Å². The Morgan fingerprint density at radius 3 is 2.88 bits per heavy atom. The summed E-state index contributed by atoms with van der Waals surface area (Å²) in [5, 5.41) is 8.93. The highest BCUT2D eigenvalue weighted by Crippen LogP contribution is 2.34. The van der Waals surface area contributed by atoms with Gasteiger partial charge in [-0.3, -0.25) is 4.90 Å². The van der Waals surface area contributed by atoms with Crippen molar-refractivity contribution in [3.8, 4) is 5.75 Å². The van der Waals surface area contributed by atoms with Crippen LogP contribution < -0.4 is 4.74 Å². The van der Waals surface area contributed by atoms with Crippen molar-refractivity contribution in [3.05, 3.63) is 41.2 Å². The minimum Gasteiger partial charge on any atom is -0.497 e. The van der Waals surface area contributed by atoms with Gasteiger partial charge in [0.25, 0.3) is 0 Å². The Hall–Kier alpha value is -1.92. The standard InChI is InChI=1S/C19H26N4O2/c1-24-13-16-11-22(9-15-4-3-5-17(8-15)25-2)12-18-19(16)23(21-20-18)10-14-6-7-14/h3-5,8,14,16H,6-7,9-13H2,1-2H3. The summed E-state index contributed by atoms with van der Waals surface area (Å²) in [6.45, 7) is 4.41. The van der Waals surface area contributed by atoms with Crippen molar-refractivity contribution in [2.45, 2.75) is 38.4 Å². The fraction of sp³-hybridized carbons (Fsp3) is 0.579. The smallest absolute Gasteiger partial charge is 0.119 e. The van der Waals surface area contributed by atoms with E-state index in [2.05, 4.69) is 32.0 Å². The summed E-state index contributed by atoms with van der Waals surface area (Å²) in [6, 6.07) is 8.27. The van der Waals surface area contributed by atoms with Gasteiger partial charge < -0.3 is 9.47 Å². The van der Waals surface area contributed by atoms with Gasteiger partial charge in [0, 0.05) is 39.2 Å². The van der Waals surface area contributed by atoms with Crippen LogP contribution in [0.5, 0.6) is 5.75 Å². The lowest BCUT2D eigenvalue weighted by atomic mass is 9.98. The van der Waals surface area contributed by atoms with Crippen LogP contribution in [-0.2, 0) is 24.4 Å². The molecule has 1 fully saturated rings. The molecule has 2 aromatic rings. The monoisotopic (exact) mass is 342 g/mol. The maximum Gasteiger partial charge on any atom is 0.119 e. The van der Waals surface area contributed by atoms with Crippen molar-refractivity contribution in [2.24, 2.45) is 5.92 Å².